The van der Waals surface area contributed by atoms with E-state index in [1.165, 1.54) is 5.56 Å². The van der Waals surface area contributed by atoms with Gasteiger partial charge in [0.15, 0.2) is 0 Å². The minimum atomic E-state index is -0.591. The fourth-order valence-electron chi connectivity index (χ4n) is 2.89. The Bertz CT molecular complexity index is 639. The summed E-state index contributed by atoms with van der Waals surface area (Å²) >= 11 is 6.26. The number of fused-ring (bicyclic) bond motifs is 1. The van der Waals surface area contributed by atoms with E-state index < -0.39 is 6.10 Å². The molecule has 1 aliphatic heterocycles. The first-order valence-corrected chi connectivity index (χ1v) is 7.65. The molecule has 2 atom stereocenters. The number of aryl methyl sites for hydroxylation is 1. The van der Waals surface area contributed by atoms with Gasteiger partial charge in [0, 0.05) is 11.4 Å². The Morgan fingerprint density at radius 1 is 1.29 bits per heavy atom. The Morgan fingerprint density at radius 2 is 2.10 bits per heavy atom. The smallest absolute Gasteiger partial charge is 0.109 e. The predicted molar refractivity (Wildman–Crippen MR) is 84.7 cm³/mol. The number of rotatable bonds is 3. The molecule has 2 aromatic rings. The van der Waals surface area contributed by atoms with E-state index >= 15 is 0 Å². The fourth-order valence-corrected chi connectivity index (χ4v) is 3.21. The lowest BCUT2D eigenvalue weighted by Gasteiger charge is -2.30. The van der Waals surface area contributed by atoms with E-state index in [1.807, 2.05) is 43.3 Å². The standard InChI is InChI=1S/C18H19ClO2/c1-12-6-7-14(16(19)10-12)11-17(20)18-15-5-3-2-4-13(15)8-9-21-18/h2-7,10,17-18,20H,8-9,11H2,1H3. The minimum Gasteiger partial charge on any atom is -0.390 e. The van der Waals surface area contributed by atoms with Crippen LogP contribution in [0.1, 0.15) is 28.4 Å². The molecule has 21 heavy (non-hydrogen) atoms. The van der Waals surface area contributed by atoms with Gasteiger partial charge in [-0.2, -0.15) is 0 Å². The minimum absolute atomic E-state index is 0.271. The first-order chi connectivity index (χ1) is 10.1. The molecule has 0 aromatic heterocycles. The summed E-state index contributed by atoms with van der Waals surface area (Å²) in [6.07, 6.45) is 0.543. The number of aliphatic hydroxyl groups is 1. The summed E-state index contributed by atoms with van der Waals surface area (Å²) in [5.41, 5.74) is 4.45. The zero-order valence-corrected chi connectivity index (χ0v) is 12.8. The van der Waals surface area contributed by atoms with Crippen LogP contribution in [0.15, 0.2) is 42.5 Å². The Morgan fingerprint density at radius 3 is 2.90 bits per heavy atom. The highest BCUT2D eigenvalue weighted by Crippen LogP contribution is 2.32. The summed E-state index contributed by atoms with van der Waals surface area (Å²) in [6.45, 7) is 2.66. The van der Waals surface area contributed by atoms with Gasteiger partial charge in [0.25, 0.3) is 0 Å². The van der Waals surface area contributed by atoms with E-state index in [0.29, 0.717) is 18.1 Å². The second kappa shape index (κ2) is 6.18. The van der Waals surface area contributed by atoms with E-state index in [1.54, 1.807) is 0 Å². The van der Waals surface area contributed by atoms with Crippen molar-refractivity contribution in [3.8, 4) is 0 Å². The van der Waals surface area contributed by atoms with Gasteiger partial charge in [-0.3, -0.25) is 0 Å². The molecule has 0 saturated carbocycles. The Labute approximate surface area is 130 Å². The van der Waals surface area contributed by atoms with Gasteiger partial charge in [-0.05, 0) is 41.7 Å². The van der Waals surface area contributed by atoms with E-state index in [2.05, 4.69) is 6.07 Å². The third kappa shape index (κ3) is 3.13. The third-order valence-electron chi connectivity index (χ3n) is 4.02. The van der Waals surface area contributed by atoms with Crippen LogP contribution in [0.4, 0.5) is 0 Å². The molecule has 0 spiro atoms. The molecule has 110 valence electrons. The van der Waals surface area contributed by atoms with Crippen molar-refractivity contribution >= 4 is 11.6 Å². The van der Waals surface area contributed by atoms with Gasteiger partial charge in [-0.1, -0.05) is 48.0 Å². The summed E-state index contributed by atoms with van der Waals surface area (Å²) < 4.78 is 5.81. The molecular formula is C18H19ClO2. The Balaban J connectivity index is 1.81. The highest BCUT2D eigenvalue weighted by molar-refractivity contribution is 6.31. The van der Waals surface area contributed by atoms with Crippen molar-refractivity contribution in [2.75, 3.05) is 6.61 Å². The lowest BCUT2D eigenvalue weighted by atomic mass is 9.91. The van der Waals surface area contributed by atoms with Gasteiger partial charge in [-0.15, -0.1) is 0 Å². The highest BCUT2D eigenvalue weighted by Gasteiger charge is 2.27. The first kappa shape index (κ1) is 14.6. The summed E-state index contributed by atoms with van der Waals surface area (Å²) in [4.78, 5) is 0. The van der Waals surface area contributed by atoms with E-state index in [4.69, 9.17) is 16.3 Å². The van der Waals surface area contributed by atoms with Crippen LogP contribution in [0.5, 0.6) is 0 Å². The van der Waals surface area contributed by atoms with E-state index in [9.17, 15) is 5.11 Å². The maximum absolute atomic E-state index is 10.6. The highest BCUT2D eigenvalue weighted by atomic mass is 35.5. The molecule has 1 heterocycles. The average Bonchev–Trinajstić information content (AvgIpc) is 2.49. The van der Waals surface area contributed by atoms with Crippen LogP contribution in [-0.2, 0) is 17.6 Å². The molecule has 2 aromatic carbocycles. The van der Waals surface area contributed by atoms with Crippen LogP contribution < -0.4 is 0 Å². The van der Waals surface area contributed by atoms with Gasteiger partial charge in [0.05, 0.1) is 12.7 Å². The van der Waals surface area contributed by atoms with E-state index in [-0.39, 0.29) is 6.10 Å². The lowest BCUT2D eigenvalue weighted by molar-refractivity contribution is -0.0460. The largest absolute Gasteiger partial charge is 0.390 e. The van der Waals surface area contributed by atoms with Crippen molar-refractivity contribution in [2.45, 2.75) is 32.0 Å². The zero-order valence-electron chi connectivity index (χ0n) is 12.1. The fraction of sp³-hybridized carbons (Fsp3) is 0.333. The molecule has 1 N–H and O–H groups in total. The van der Waals surface area contributed by atoms with Crippen molar-refractivity contribution in [3.63, 3.8) is 0 Å². The van der Waals surface area contributed by atoms with Crippen molar-refractivity contribution < 1.29 is 9.84 Å². The Hall–Kier alpha value is -1.35. The topological polar surface area (TPSA) is 29.5 Å². The molecule has 2 unspecified atom stereocenters. The van der Waals surface area contributed by atoms with Crippen LogP contribution in [0.25, 0.3) is 0 Å². The summed E-state index contributed by atoms with van der Waals surface area (Å²) in [7, 11) is 0. The molecule has 0 saturated heterocycles. The SMILES string of the molecule is Cc1ccc(CC(O)C2OCCc3ccccc32)c(Cl)c1. The molecule has 0 amide bonds. The van der Waals surface area contributed by atoms with Crippen molar-refractivity contribution in [3.05, 3.63) is 69.7 Å². The molecule has 0 aliphatic carbocycles. The summed E-state index contributed by atoms with van der Waals surface area (Å²) in [5, 5.41) is 11.3. The number of ether oxygens (including phenoxy) is 1. The van der Waals surface area contributed by atoms with Crippen LogP contribution in [0.2, 0.25) is 5.02 Å². The zero-order chi connectivity index (χ0) is 14.8. The second-order valence-corrected chi connectivity index (χ2v) is 6.01. The number of hydrogen-bond donors (Lipinski definition) is 1. The Kier molecular flexibility index (Phi) is 4.29. The maximum Gasteiger partial charge on any atom is 0.109 e. The molecule has 2 nitrogen and oxygen atoms in total. The molecular weight excluding hydrogens is 284 g/mol. The number of halogens is 1. The van der Waals surface area contributed by atoms with Crippen LogP contribution >= 0.6 is 11.6 Å². The molecule has 0 fully saturated rings. The predicted octanol–water partition coefficient (Wildman–Crippen LogP) is 3.87. The molecule has 1 aliphatic rings. The van der Waals surface area contributed by atoms with Gasteiger partial charge >= 0.3 is 0 Å². The maximum atomic E-state index is 10.6. The molecule has 0 radical (unpaired) electrons. The van der Waals surface area contributed by atoms with Crippen LogP contribution in [-0.4, -0.2) is 17.8 Å². The molecule has 0 bridgehead atoms. The van der Waals surface area contributed by atoms with E-state index in [0.717, 1.165) is 23.1 Å². The summed E-state index contributed by atoms with van der Waals surface area (Å²) in [5.74, 6) is 0. The van der Waals surface area contributed by atoms with Gasteiger partial charge in [0.1, 0.15) is 6.10 Å². The second-order valence-electron chi connectivity index (χ2n) is 5.61. The quantitative estimate of drug-likeness (QED) is 0.933. The number of aliphatic hydroxyl groups excluding tert-OH is 1. The number of hydrogen-bond acceptors (Lipinski definition) is 2. The van der Waals surface area contributed by atoms with Gasteiger partial charge in [0.2, 0.25) is 0 Å². The van der Waals surface area contributed by atoms with Gasteiger partial charge < -0.3 is 9.84 Å². The summed E-state index contributed by atoms with van der Waals surface area (Å²) in [6, 6.07) is 14.1. The van der Waals surface area contributed by atoms with Crippen LogP contribution in [0, 0.1) is 6.92 Å². The van der Waals surface area contributed by atoms with Crippen molar-refractivity contribution in [1.82, 2.24) is 0 Å². The van der Waals surface area contributed by atoms with Crippen LogP contribution in [0.3, 0.4) is 0 Å². The number of benzene rings is 2. The van der Waals surface area contributed by atoms with Crippen molar-refractivity contribution in [1.29, 1.82) is 0 Å². The first-order valence-electron chi connectivity index (χ1n) is 7.27. The van der Waals surface area contributed by atoms with Gasteiger partial charge in [-0.25, -0.2) is 0 Å². The lowest BCUT2D eigenvalue weighted by Crippen LogP contribution is -2.28. The normalized spacial score (nSPS) is 19.1. The van der Waals surface area contributed by atoms with Crippen molar-refractivity contribution in [2.24, 2.45) is 0 Å². The molecule has 3 rings (SSSR count). The monoisotopic (exact) mass is 302 g/mol. The average molecular weight is 303 g/mol. The third-order valence-corrected chi connectivity index (χ3v) is 4.37. The molecule has 3 heteroatoms.